The van der Waals surface area contributed by atoms with Crippen LogP contribution in [0.25, 0.3) is 0 Å². The Bertz CT molecular complexity index is 1010. The van der Waals surface area contributed by atoms with E-state index < -0.39 is 11.8 Å². The highest BCUT2D eigenvalue weighted by Crippen LogP contribution is 2.18. The van der Waals surface area contributed by atoms with Gasteiger partial charge in [-0.05, 0) is 60.4 Å². The number of carbonyl (C=O) groups is 3. The van der Waals surface area contributed by atoms with Crippen molar-refractivity contribution in [3.8, 4) is 0 Å². The minimum absolute atomic E-state index is 0.102. The van der Waals surface area contributed by atoms with Crippen molar-refractivity contribution >= 4 is 34.8 Å². The fourth-order valence-corrected chi connectivity index (χ4v) is 2.98. The van der Waals surface area contributed by atoms with Crippen LogP contribution in [0.1, 0.15) is 33.3 Å². The summed E-state index contributed by atoms with van der Waals surface area (Å²) in [5, 5.41) is 7.97. The highest BCUT2D eigenvalue weighted by atomic mass is 32.1. The molecule has 1 aromatic heterocycles. The minimum atomic E-state index is -0.480. The van der Waals surface area contributed by atoms with Crippen molar-refractivity contribution < 1.29 is 18.8 Å². The van der Waals surface area contributed by atoms with Crippen molar-refractivity contribution in [1.82, 2.24) is 14.9 Å². The maximum atomic E-state index is 13.0. The molecule has 2 aromatic carbocycles. The summed E-state index contributed by atoms with van der Waals surface area (Å²) in [4.78, 5) is 38.0. The largest absolute Gasteiger partial charge is 0.350 e. The van der Waals surface area contributed by atoms with E-state index in [1.54, 1.807) is 36.4 Å². The fraction of sp³-hybridized carbons (Fsp3) is 0.150. The summed E-state index contributed by atoms with van der Waals surface area (Å²) in [6.45, 7) is 1.39. The number of carbonyl (C=O) groups excluding carboxylic acids is 3. The predicted octanol–water partition coefficient (Wildman–Crippen LogP) is 2.84. The summed E-state index contributed by atoms with van der Waals surface area (Å²) in [5.74, 6) is -1.34. The molecule has 29 heavy (non-hydrogen) atoms. The van der Waals surface area contributed by atoms with E-state index in [2.05, 4.69) is 14.9 Å². The molecule has 0 fully saturated rings. The molecule has 0 saturated carbocycles. The zero-order valence-corrected chi connectivity index (χ0v) is 16.3. The Morgan fingerprint density at radius 1 is 1.07 bits per heavy atom. The number of halogens is 1. The van der Waals surface area contributed by atoms with Gasteiger partial charge in [-0.3, -0.25) is 19.3 Å². The first-order chi connectivity index (χ1) is 13.9. The number of nitrogens with one attached hydrogen (secondary N) is 1. The van der Waals surface area contributed by atoms with Crippen LogP contribution in [-0.4, -0.2) is 33.7 Å². The molecule has 3 aromatic rings. The number of amides is 2. The molecule has 0 unspecified atom stereocenters. The number of rotatable bonds is 7. The van der Waals surface area contributed by atoms with Gasteiger partial charge < -0.3 is 5.32 Å². The molecule has 0 aliphatic rings. The van der Waals surface area contributed by atoms with E-state index in [0.717, 1.165) is 17.1 Å². The summed E-state index contributed by atoms with van der Waals surface area (Å²) in [6, 6.07) is 12.1. The normalized spacial score (nSPS) is 10.4. The average Bonchev–Trinajstić information content (AvgIpc) is 3.26. The van der Waals surface area contributed by atoms with E-state index in [4.69, 9.17) is 0 Å². The van der Waals surface area contributed by atoms with E-state index in [1.807, 2.05) is 0 Å². The van der Waals surface area contributed by atoms with Crippen LogP contribution in [0.15, 0.2) is 53.9 Å². The molecule has 148 valence electrons. The standard InChI is InChI=1S/C20H17FN4O3S/c1-13(26)15-4-8-17(9-5-15)25(20(28)18-12-29-24-23-18)11-19(27)22-10-14-2-6-16(21)7-3-14/h2-9,12H,10-11H2,1H3,(H,22,27). The van der Waals surface area contributed by atoms with Gasteiger partial charge >= 0.3 is 0 Å². The van der Waals surface area contributed by atoms with Gasteiger partial charge in [-0.15, -0.1) is 5.10 Å². The molecule has 0 saturated heterocycles. The van der Waals surface area contributed by atoms with Crippen molar-refractivity contribution in [2.45, 2.75) is 13.5 Å². The molecule has 7 nitrogen and oxygen atoms in total. The Morgan fingerprint density at radius 3 is 2.34 bits per heavy atom. The zero-order chi connectivity index (χ0) is 20.8. The molecule has 0 spiro atoms. The number of hydrogen-bond donors (Lipinski definition) is 1. The summed E-state index contributed by atoms with van der Waals surface area (Å²) in [5.41, 5.74) is 1.80. The van der Waals surface area contributed by atoms with Crippen LogP contribution >= 0.6 is 11.5 Å². The first-order valence-corrected chi connectivity index (χ1v) is 9.49. The number of aromatic nitrogens is 2. The van der Waals surface area contributed by atoms with Gasteiger partial charge in [0, 0.05) is 23.2 Å². The average molecular weight is 412 g/mol. The SMILES string of the molecule is CC(=O)c1ccc(N(CC(=O)NCc2ccc(F)cc2)C(=O)c2csnn2)cc1. The third kappa shape index (κ3) is 5.29. The molecule has 0 bridgehead atoms. The summed E-state index contributed by atoms with van der Waals surface area (Å²) in [7, 11) is 0. The molecule has 0 aliphatic heterocycles. The Labute approximate surface area is 170 Å². The Balaban J connectivity index is 1.75. The smallest absolute Gasteiger partial charge is 0.280 e. The molecule has 2 amide bonds. The molecular weight excluding hydrogens is 395 g/mol. The van der Waals surface area contributed by atoms with E-state index >= 15 is 0 Å². The molecule has 3 rings (SSSR count). The van der Waals surface area contributed by atoms with Crippen molar-refractivity contribution in [2.24, 2.45) is 0 Å². The Kier molecular flexibility index (Phi) is 6.40. The minimum Gasteiger partial charge on any atom is -0.350 e. The zero-order valence-electron chi connectivity index (χ0n) is 15.5. The van der Waals surface area contributed by atoms with Crippen molar-refractivity contribution in [1.29, 1.82) is 0 Å². The van der Waals surface area contributed by atoms with Crippen molar-refractivity contribution in [2.75, 3.05) is 11.4 Å². The molecule has 1 heterocycles. The molecule has 0 aliphatic carbocycles. The van der Waals surface area contributed by atoms with Gasteiger partial charge in [-0.2, -0.15) is 0 Å². The van der Waals surface area contributed by atoms with E-state index in [0.29, 0.717) is 11.3 Å². The first-order valence-electron chi connectivity index (χ1n) is 8.65. The number of anilines is 1. The van der Waals surface area contributed by atoms with Crippen LogP contribution in [0, 0.1) is 5.82 Å². The predicted molar refractivity (Wildman–Crippen MR) is 106 cm³/mol. The quantitative estimate of drug-likeness (QED) is 0.603. The maximum absolute atomic E-state index is 13.0. The van der Waals surface area contributed by atoms with Gasteiger partial charge in [0.15, 0.2) is 11.5 Å². The second kappa shape index (κ2) is 9.16. The number of ketones is 1. The lowest BCUT2D eigenvalue weighted by Crippen LogP contribution is -2.41. The monoisotopic (exact) mass is 412 g/mol. The fourth-order valence-electron chi connectivity index (χ4n) is 2.55. The highest BCUT2D eigenvalue weighted by molar-refractivity contribution is 7.03. The lowest BCUT2D eigenvalue weighted by molar-refractivity contribution is -0.119. The van der Waals surface area contributed by atoms with E-state index in [9.17, 15) is 18.8 Å². The van der Waals surface area contributed by atoms with Crippen LogP contribution in [0.3, 0.4) is 0 Å². The summed E-state index contributed by atoms with van der Waals surface area (Å²) in [6.07, 6.45) is 0. The van der Waals surface area contributed by atoms with Crippen LogP contribution < -0.4 is 10.2 Å². The first kappa shape index (κ1) is 20.3. The van der Waals surface area contributed by atoms with Crippen LogP contribution in [-0.2, 0) is 11.3 Å². The number of nitrogens with zero attached hydrogens (tertiary/aromatic N) is 3. The number of hydrogen-bond acceptors (Lipinski definition) is 6. The maximum Gasteiger partial charge on any atom is 0.280 e. The molecule has 0 radical (unpaired) electrons. The lowest BCUT2D eigenvalue weighted by atomic mass is 10.1. The molecule has 9 heteroatoms. The number of benzene rings is 2. The summed E-state index contributed by atoms with van der Waals surface area (Å²) < 4.78 is 16.7. The van der Waals surface area contributed by atoms with Gasteiger partial charge in [-0.1, -0.05) is 16.6 Å². The Morgan fingerprint density at radius 2 is 1.76 bits per heavy atom. The van der Waals surface area contributed by atoms with Crippen molar-refractivity contribution in [3.63, 3.8) is 0 Å². The summed E-state index contributed by atoms with van der Waals surface area (Å²) >= 11 is 1.03. The van der Waals surface area contributed by atoms with Crippen molar-refractivity contribution in [3.05, 3.63) is 76.5 Å². The third-order valence-corrected chi connectivity index (χ3v) is 4.62. The van der Waals surface area contributed by atoms with Gasteiger partial charge in [0.2, 0.25) is 5.91 Å². The van der Waals surface area contributed by atoms with Gasteiger partial charge in [0.25, 0.3) is 5.91 Å². The molecular formula is C20H17FN4O3S. The molecule has 0 atom stereocenters. The molecule has 1 N–H and O–H groups in total. The van der Waals surface area contributed by atoms with E-state index in [1.165, 1.54) is 29.3 Å². The second-order valence-corrected chi connectivity index (χ2v) is 6.80. The van der Waals surface area contributed by atoms with Crippen LogP contribution in [0.5, 0.6) is 0 Å². The van der Waals surface area contributed by atoms with Crippen LogP contribution in [0.4, 0.5) is 10.1 Å². The van der Waals surface area contributed by atoms with Gasteiger partial charge in [-0.25, -0.2) is 4.39 Å². The third-order valence-electron chi connectivity index (χ3n) is 4.11. The van der Waals surface area contributed by atoms with Gasteiger partial charge in [0.05, 0.1) is 0 Å². The number of Topliss-reactive ketones (excluding diaryl/α,β-unsaturated/α-hetero) is 1. The second-order valence-electron chi connectivity index (χ2n) is 6.19. The van der Waals surface area contributed by atoms with E-state index in [-0.39, 0.29) is 30.4 Å². The highest BCUT2D eigenvalue weighted by Gasteiger charge is 2.23. The van der Waals surface area contributed by atoms with Gasteiger partial charge in [0.1, 0.15) is 12.4 Å². The Hall–Kier alpha value is -3.46. The lowest BCUT2D eigenvalue weighted by Gasteiger charge is -2.21. The van der Waals surface area contributed by atoms with Crippen LogP contribution in [0.2, 0.25) is 0 Å². The topological polar surface area (TPSA) is 92.3 Å².